The summed E-state index contributed by atoms with van der Waals surface area (Å²) in [5.74, 6) is 0.209. The van der Waals surface area contributed by atoms with E-state index in [0.717, 1.165) is 68.7 Å². The molecule has 0 radical (unpaired) electrons. The lowest BCUT2D eigenvalue weighted by atomic mass is 9.49. The molecule has 1 unspecified atom stereocenters. The number of amides is 1. The Kier molecular flexibility index (Phi) is 3.48. The van der Waals surface area contributed by atoms with Gasteiger partial charge in [0.2, 0.25) is 0 Å². The summed E-state index contributed by atoms with van der Waals surface area (Å²) in [6, 6.07) is 3.73. The summed E-state index contributed by atoms with van der Waals surface area (Å²) in [6.45, 7) is 2.05. The lowest BCUT2D eigenvalue weighted by Crippen LogP contribution is -2.72. The van der Waals surface area contributed by atoms with Gasteiger partial charge in [-0.15, -0.1) is 0 Å². The van der Waals surface area contributed by atoms with Crippen molar-refractivity contribution >= 4 is 5.91 Å². The number of nitrogens with two attached hydrogens (primary N) is 1. The van der Waals surface area contributed by atoms with Gasteiger partial charge in [0, 0.05) is 23.6 Å². The highest BCUT2D eigenvalue weighted by atomic mass is 16.3. The number of carbonyl (C=O) groups excluding carboxylic acids is 1. The van der Waals surface area contributed by atoms with E-state index in [1.807, 2.05) is 6.07 Å². The van der Waals surface area contributed by atoms with Crippen molar-refractivity contribution in [2.24, 2.45) is 11.7 Å². The third-order valence-corrected chi connectivity index (χ3v) is 7.67. The van der Waals surface area contributed by atoms with Gasteiger partial charge in [0.25, 0.3) is 5.91 Å². The van der Waals surface area contributed by atoms with Crippen LogP contribution in [0.3, 0.4) is 0 Å². The Labute approximate surface area is 154 Å². The Hall–Kier alpha value is -1.59. The third kappa shape index (κ3) is 2.07. The van der Waals surface area contributed by atoms with Crippen LogP contribution in [0.4, 0.5) is 0 Å². The second-order valence-electron chi connectivity index (χ2n) is 8.98. The molecule has 2 bridgehead atoms. The normalized spacial score (nSPS) is 36.3. The number of aliphatic hydroxyl groups is 1. The number of phenols is 1. The number of benzene rings is 1. The predicted molar refractivity (Wildman–Crippen MR) is 98.1 cm³/mol. The number of rotatable bonds is 3. The number of carbonyl (C=O) groups is 1. The van der Waals surface area contributed by atoms with Crippen molar-refractivity contribution in [1.82, 2.24) is 4.90 Å². The zero-order valence-corrected chi connectivity index (χ0v) is 15.2. The van der Waals surface area contributed by atoms with Crippen LogP contribution in [-0.4, -0.2) is 45.8 Å². The van der Waals surface area contributed by atoms with Crippen LogP contribution in [0.15, 0.2) is 12.1 Å². The van der Waals surface area contributed by atoms with E-state index >= 15 is 0 Å². The topological polar surface area (TPSA) is 86.8 Å². The van der Waals surface area contributed by atoms with Crippen molar-refractivity contribution in [3.63, 3.8) is 0 Å². The minimum atomic E-state index is -0.820. The van der Waals surface area contributed by atoms with Crippen LogP contribution in [0.25, 0.3) is 0 Å². The number of fused-ring (bicyclic) bond motifs is 1. The maximum absolute atomic E-state index is 12.0. The van der Waals surface area contributed by atoms with E-state index in [-0.39, 0.29) is 17.4 Å². The van der Waals surface area contributed by atoms with Crippen molar-refractivity contribution in [2.75, 3.05) is 13.1 Å². The SMILES string of the molecule is NC(=O)c1ccc2c(c1O)[C@@]13CCCCC1(O)[C@@H](C2)N(CC1CC1)CC3. The molecule has 1 saturated heterocycles. The molecule has 4 aliphatic rings. The zero-order chi connectivity index (χ0) is 18.1. The van der Waals surface area contributed by atoms with Gasteiger partial charge in [0.15, 0.2) is 0 Å². The first kappa shape index (κ1) is 16.6. The van der Waals surface area contributed by atoms with Crippen molar-refractivity contribution in [2.45, 2.75) is 68.4 Å². The second kappa shape index (κ2) is 5.46. The standard InChI is InChI=1S/C21H28N2O3/c22-19(25)15-6-5-14-11-16-21(26)8-2-1-7-20(21,17(14)18(15)24)9-10-23(16)12-13-3-4-13/h5-6,13,16,24,26H,1-4,7-12H2,(H2,22,25)/t16-,20+,21?/m1/s1. The number of piperidine rings is 1. The number of primary amides is 1. The van der Waals surface area contributed by atoms with E-state index in [1.165, 1.54) is 12.8 Å². The Morgan fingerprint density at radius 2 is 2.00 bits per heavy atom. The van der Waals surface area contributed by atoms with Gasteiger partial charge in [0.1, 0.15) is 5.75 Å². The van der Waals surface area contributed by atoms with Crippen molar-refractivity contribution in [3.8, 4) is 5.75 Å². The summed E-state index contributed by atoms with van der Waals surface area (Å²) in [5.41, 5.74) is 6.31. The van der Waals surface area contributed by atoms with Crippen LogP contribution in [-0.2, 0) is 11.8 Å². The molecule has 26 heavy (non-hydrogen) atoms. The minimum absolute atomic E-state index is 0.0180. The monoisotopic (exact) mass is 356 g/mol. The predicted octanol–water partition coefficient (Wildman–Crippen LogP) is 2.07. The van der Waals surface area contributed by atoms with Gasteiger partial charge >= 0.3 is 0 Å². The molecule has 0 aromatic heterocycles. The van der Waals surface area contributed by atoms with E-state index in [2.05, 4.69) is 4.90 Å². The molecule has 3 fully saturated rings. The highest BCUT2D eigenvalue weighted by Crippen LogP contribution is 2.60. The summed E-state index contributed by atoms with van der Waals surface area (Å²) >= 11 is 0. The van der Waals surface area contributed by atoms with Crippen molar-refractivity contribution < 1.29 is 15.0 Å². The average molecular weight is 356 g/mol. The van der Waals surface area contributed by atoms with Crippen LogP contribution >= 0.6 is 0 Å². The quantitative estimate of drug-likeness (QED) is 0.774. The van der Waals surface area contributed by atoms with Crippen LogP contribution < -0.4 is 5.73 Å². The summed E-state index contributed by atoms with van der Waals surface area (Å²) in [6.07, 6.45) is 7.94. The molecule has 1 amide bonds. The van der Waals surface area contributed by atoms with Gasteiger partial charge in [-0.05, 0) is 62.6 Å². The number of likely N-dealkylation sites (tertiary alicyclic amines) is 1. The first-order valence-corrected chi connectivity index (χ1v) is 10.1. The molecule has 140 valence electrons. The first-order valence-electron chi connectivity index (χ1n) is 10.1. The number of aromatic hydroxyl groups is 1. The van der Waals surface area contributed by atoms with Crippen LogP contribution in [0.1, 0.15) is 66.4 Å². The maximum atomic E-state index is 12.0. The first-order chi connectivity index (χ1) is 12.5. The molecule has 1 aromatic carbocycles. The lowest BCUT2D eigenvalue weighted by Gasteiger charge is -2.64. The smallest absolute Gasteiger partial charge is 0.252 e. The summed E-state index contributed by atoms with van der Waals surface area (Å²) in [4.78, 5) is 14.3. The van der Waals surface area contributed by atoms with Gasteiger partial charge in [-0.3, -0.25) is 9.69 Å². The van der Waals surface area contributed by atoms with Crippen molar-refractivity contribution in [3.05, 3.63) is 28.8 Å². The van der Waals surface area contributed by atoms with E-state index in [0.29, 0.717) is 0 Å². The van der Waals surface area contributed by atoms with Gasteiger partial charge < -0.3 is 15.9 Å². The van der Waals surface area contributed by atoms with E-state index in [1.54, 1.807) is 6.07 Å². The molecule has 4 N–H and O–H groups in total. The van der Waals surface area contributed by atoms with Crippen LogP contribution in [0.5, 0.6) is 5.75 Å². The summed E-state index contributed by atoms with van der Waals surface area (Å²) in [5, 5.41) is 23.0. The molecular weight excluding hydrogens is 328 g/mol. The second-order valence-corrected chi connectivity index (χ2v) is 8.98. The molecule has 5 rings (SSSR count). The van der Waals surface area contributed by atoms with Crippen LogP contribution in [0, 0.1) is 5.92 Å². The third-order valence-electron chi connectivity index (χ3n) is 7.67. The fraction of sp³-hybridized carbons (Fsp3) is 0.667. The fourth-order valence-electron chi connectivity index (χ4n) is 6.26. The number of hydrogen-bond acceptors (Lipinski definition) is 4. The van der Waals surface area contributed by atoms with Gasteiger partial charge in [-0.25, -0.2) is 0 Å². The van der Waals surface area contributed by atoms with E-state index in [9.17, 15) is 15.0 Å². The highest BCUT2D eigenvalue weighted by molar-refractivity contribution is 5.96. The minimum Gasteiger partial charge on any atom is -0.507 e. The lowest BCUT2D eigenvalue weighted by molar-refractivity contribution is -0.167. The number of hydrogen-bond donors (Lipinski definition) is 3. The molecule has 1 aliphatic heterocycles. The molecule has 1 aromatic rings. The van der Waals surface area contributed by atoms with E-state index in [4.69, 9.17) is 5.73 Å². The molecule has 0 spiro atoms. The van der Waals surface area contributed by atoms with Gasteiger partial charge in [-0.2, -0.15) is 0 Å². The molecule has 3 aliphatic carbocycles. The molecule has 5 heteroatoms. The fourth-order valence-corrected chi connectivity index (χ4v) is 6.26. The average Bonchev–Trinajstić information content (AvgIpc) is 3.41. The Morgan fingerprint density at radius 1 is 1.23 bits per heavy atom. The van der Waals surface area contributed by atoms with Gasteiger partial charge in [-0.1, -0.05) is 18.9 Å². The van der Waals surface area contributed by atoms with E-state index < -0.39 is 16.9 Å². The highest BCUT2D eigenvalue weighted by Gasteiger charge is 2.64. The van der Waals surface area contributed by atoms with Crippen molar-refractivity contribution in [1.29, 1.82) is 0 Å². The molecule has 5 nitrogen and oxygen atoms in total. The Bertz CT molecular complexity index is 775. The van der Waals surface area contributed by atoms with Gasteiger partial charge in [0.05, 0.1) is 11.2 Å². The molecular formula is C21H28N2O3. The Morgan fingerprint density at radius 3 is 2.73 bits per heavy atom. The molecule has 3 atom stereocenters. The molecule has 2 saturated carbocycles. The largest absolute Gasteiger partial charge is 0.507 e. The Balaban J connectivity index is 1.68. The zero-order valence-electron chi connectivity index (χ0n) is 15.2. The number of nitrogens with zero attached hydrogens (tertiary/aromatic N) is 1. The van der Waals surface area contributed by atoms with Crippen LogP contribution in [0.2, 0.25) is 0 Å². The summed E-state index contributed by atoms with van der Waals surface area (Å²) in [7, 11) is 0. The molecule has 1 heterocycles. The maximum Gasteiger partial charge on any atom is 0.252 e. The summed E-state index contributed by atoms with van der Waals surface area (Å²) < 4.78 is 0.